The number of hydrogen-bond acceptors (Lipinski definition) is 10. The van der Waals surface area contributed by atoms with Crippen molar-refractivity contribution in [3.63, 3.8) is 0 Å². The van der Waals surface area contributed by atoms with Gasteiger partial charge in [-0.1, -0.05) is 0 Å². The summed E-state index contributed by atoms with van der Waals surface area (Å²) in [7, 11) is 0. The molecule has 0 saturated carbocycles. The minimum absolute atomic E-state index is 1.11. The Labute approximate surface area is 291 Å². The Kier molecular flexibility index (Phi) is 6.20. The SMILES string of the molecule is Cc1nc2sc(-c3sc4c(sc5cc6c(cc54)sc4c(Br)c(-c5sc7nc(C)sc7c5Br)sc46)c3Br)c(Br)c2s1. The Balaban J connectivity index is 1.22. The molecule has 0 spiro atoms. The first kappa shape index (κ1) is 26.6. The van der Waals surface area contributed by atoms with Crippen molar-refractivity contribution in [2.24, 2.45) is 0 Å². The summed E-state index contributed by atoms with van der Waals surface area (Å²) in [5.41, 5.74) is 0. The lowest BCUT2D eigenvalue weighted by molar-refractivity contribution is 1.36. The van der Waals surface area contributed by atoms with Gasteiger partial charge in [0, 0.05) is 20.2 Å². The number of nitrogens with zero attached hydrogens (tertiary/aromatic N) is 2. The minimum Gasteiger partial charge on any atom is -0.231 e. The zero-order valence-corrected chi connectivity index (χ0v) is 32.7. The molecule has 8 aromatic heterocycles. The Morgan fingerprint density at radius 1 is 0.450 bits per heavy atom. The molecule has 2 nitrogen and oxygen atoms in total. The topological polar surface area (TPSA) is 25.8 Å². The second-order valence-electron chi connectivity index (χ2n) is 9.08. The van der Waals surface area contributed by atoms with Crippen LogP contribution < -0.4 is 0 Å². The standard InChI is InChI=1S/C26H8Br4N2S8/c1-5-31-25-23(33-5)13(29)21(39-25)19-11(27)17-15(37-19)7-3-10-8(4-9(7)35-17)16-18(36-10)12(28)20(38-16)22-14(30)24-26(40-22)32-6(2)34-24/h3-4H,1-2H3. The van der Waals surface area contributed by atoms with E-state index in [1.54, 1.807) is 45.3 Å². The van der Waals surface area contributed by atoms with Gasteiger partial charge in [0.2, 0.25) is 0 Å². The predicted molar refractivity (Wildman–Crippen MR) is 201 cm³/mol. The fourth-order valence-electron chi connectivity index (χ4n) is 4.94. The van der Waals surface area contributed by atoms with Gasteiger partial charge in [-0.25, -0.2) is 9.97 Å². The second-order valence-corrected chi connectivity index (χ2v) is 20.8. The summed E-state index contributed by atoms with van der Waals surface area (Å²) in [5, 5.41) is 4.92. The largest absolute Gasteiger partial charge is 0.231 e. The van der Waals surface area contributed by atoms with Crippen LogP contribution >= 0.6 is 154 Å². The van der Waals surface area contributed by atoms with Crippen LogP contribution in [0.2, 0.25) is 0 Å². The quantitative estimate of drug-likeness (QED) is 0.173. The highest BCUT2D eigenvalue weighted by molar-refractivity contribution is 9.11. The van der Waals surface area contributed by atoms with E-state index in [2.05, 4.69) is 89.7 Å². The highest BCUT2D eigenvalue weighted by Gasteiger charge is 2.25. The van der Waals surface area contributed by atoms with E-state index in [4.69, 9.17) is 9.97 Å². The maximum Gasteiger partial charge on any atom is 0.136 e. The molecular formula is C26H8Br4N2S8. The van der Waals surface area contributed by atoms with Gasteiger partial charge in [0.05, 0.1) is 75.6 Å². The van der Waals surface area contributed by atoms with E-state index in [9.17, 15) is 0 Å². The number of benzene rings is 1. The molecular weight excluding hydrogens is 916 g/mol. The third-order valence-corrected chi connectivity index (χ3v) is 21.7. The summed E-state index contributed by atoms with van der Waals surface area (Å²) in [6.45, 7) is 4.15. The molecule has 0 fully saturated rings. The molecule has 0 unspecified atom stereocenters. The van der Waals surface area contributed by atoms with Crippen molar-refractivity contribution < 1.29 is 0 Å². The van der Waals surface area contributed by atoms with Crippen LogP contribution in [0.4, 0.5) is 0 Å². The van der Waals surface area contributed by atoms with Crippen molar-refractivity contribution >= 4 is 212 Å². The molecule has 9 aromatic rings. The van der Waals surface area contributed by atoms with E-state index in [1.807, 2.05) is 45.3 Å². The van der Waals surface area contributed by atoms with Gasteiger partial charge in [0.25, 0.3) is 0 Å². The Bertz CT molecular complexity index is 2350. The van der Waals surface area contributed by atoms with Crippen LogP contribution in [0.1, 0.15) is 10.0 Å². The van der Waals surface area contributed by atoms with E-state index in [0.717, 1.165) is 19.7 Å². The molecule has 0 N–H and O–H groups in total. The van der Waals surface area contributed by atoms with Crippen molar-refractivity contribution in [1.82, 2.24) is 9.97 Å². The number of hydrogen-bond donors (Lipinski definition) is 0. The molecule has 0 aliphatic heterocycles. The Morgan fingerprint density at radius 2 is 0.825 bits per heavy atom. The number of thiazole rings is 2. The molecule has 198 valence electrons. The summed E-state index contributed by atoms with van der Waals surface area (Å²) in [4.78, 5) is 16.8. The van der Waals surface area contributed by atoms with Crippen LogP contribution in [-0.4, -0.2) is 9.97 Å². The average molecular weight is 925 g/mol. The molecule has 9 rings (SSSR count). The summed E-state index contributed by atoms with van der Waals surface area (Å²) in [5.74, 6) is 0. The maximum atomic E-state index is 4.73. The van der Waals surface area contributed by atoms with Gasteiger partial charge in [-0.2, -0.15) is 0 Å². The second kappa shape index (κ2) is 9.33. The molecule has 0 saturated heterocycles. The lowest BCUT2D eigenvalue weighted by atomic mass is 10.2. The van der Waals surface area contributed by atoms with Crippen LogP contribution in [0.15, 0.2) is 30.0 Å². The number of aromatic nitrogens is 2. The fraction of sp³-hybridized carbons (Fsp3) is 0.0769. The van der Waals surface area contributed by atoms with Crippen molar-refractivity contribution in [2.45, 2.75) is 13.8 Å². The predicted octanol–water partition coefficient (Wildman–Crippen LogP) is 14.9. The average Bonchev–Trinajstić information content (AvgIpc) is 3.77. The van der Waals surface area contributed by atoms with Crippen molar-refractivity contribution in [3.05, 3.63) is 40.0 Å². The molecule has 0 bridgehead atoms. The van der Waals surface area contributed by atoms with Gasteiger partial charge in [0.1, 0.15) is 9.66 Å². The number of rotatable bonds is 2. The van der Waals surface area contributed by atoms with Gasteiger partial charge in [-0.3, -0.25) is 0 Å². The molecule has 40 heavy (non-hydrogen) atoms. The Morgan fingerprint density at radius 3 is 1.23 bits per heavy atom. The minimum atomic E-state index is 1.11. The fourth-order valence-corrected chi connectivity index (χ4v) is 19.2. The summed E-state index contributed by atoms with van der Waals surface area (Å²) < 4.78 is 15.3. The van der Waals surface area contributed by atoms with E-state index < -0.39 is 0 Å². The van der Waals surface area contributed by atoms with Gasteiger partial charge >= 0.3 is 0 Å². The number of halogens is 4. The maximum absolute atomic E-state index is 4.73. The van der Waals surface area contributed by atoms with Gasteiger partial charge in [-0.15, -0.1) is 90.7 Å². The number of thiophene rings is 6. The van der Waals surface area contributed by atoms with Crippen LogP contribution in [0.3, 0.4) is 0 Å². The number of aryl methyl sites for hydroxylation is 2. The highest BCUT2D eigenvalue weighted by Crippen LogP contribution is 2.57. The zero-order chi connectivity index (χ0) is 27.2. The first-order valence-electron chi connectivity index (χ1n) is 11.6. The van der Waals surface area contributed by atoms with E-state index in [-0.39, 0.29) is 0 Å². The molecule has 0 aliphatic carbocycles. The molecule has 0 aliphatic rings. The monoisotopic (exact) mass is 920 g/mol. The molecule has 0 radical (unpaired) electrons. The third-order valence-electron chi connectivity index (χ3n) is 6.63. The highest BCUT2D eigenvalue weighted by atomic mass is 79.9. The summed E-state index contributed by atoms with van der Waals surface area (Å²) in [6.07, 6.45) is 0. The van der Waals surface area contributed by atoms with Crippen LogP contribution in [0.25, 0.3) is 77.5 Å². The Hall–Kier alpha value is 0.160. The number of fused-ring (bicyclic) bond motifs is 8. The van der Waals surface area contributed by atoms with E-state index in [0.29, 0.717) is 0 Å². The summed E-state index contributed by atoms with van der Waals surface area (Å²) in [6, 6.07) is 4.83. The zero-order valence-electron chi connectivity index (χ0n) is 19.8. The smallest absolute Gasteiger partial charge is 0.136 e. The van der Waals surface area contributed by atoms with Gasteiger partial charge < -0.3 is 0 Å². The molecule has 0 amide bonds. The van der Waals surface area contributed by atoms with Gasteiger partial charge in [-0.05, 0) is 89.7 Å². The first-order chi connectivity index (χ1) is 19.3. The van der Waals surface area contributed by atoms with E-state index >= 15 is 0 Å². The third kappa shape index (κ3) is 3.65. The molecule has 0 atom stereocenters. The van der Waals surface area contributed by atoms with Crippen molar-refractivity contribution in [1.29, 1.82) is 0 Å². The lowest BCUT2D eigenvalue weighted by Gasteiger charge is -1.97. The molecule has 1 aromatic carbocycles. The van der Waals surface area contributed by atoms with Crippen molar-refractivity contribution in [2.75, 3.05) is 0 Å². The summed E-state index contributed by atoms with van der Waals surface area (Å²) >= 11 is 30.4. The first-order valence-corrected chi connectivity index (χ1v) is 21.3. The van der Waals surface area contributed by atoms with E-state index in [1.165, 1.54) is 85.8 Å². The van der Waals surface area contributed by atoms with Crippen LogP contribution in [-0.2, 0) is 0 Å². The van der Waals surface area contributed by atoms with Crippen LogP contribution in [0, 0.1) is 13.8 Å². The molecule has 14 heteroatoms. The van der Waals surface area contributed by atoms with Crippen LogP contribution in [0.5, 0.6) is 0 Å². The lowest BCUT2D eigenvalue weighted by Crippen LogP contribution is -1.68. The van der Waals surface area contributed by atoms with Gasteiger partial charge in [0.15, 0.2) is 0 Å². The normalized spacial score (nSPS) is 12.8. The van der Waals surface area contributed by atoms with Crippen molar-refractivity contribution in [3.8, 4) is 19.5 Å². The molecule has 8 heterocycles.